The van der Waals surface area contributed by atoms with Gasteiger partial charge in [-0.15, -0.1) is 0 Å². The quantitative estimate of drug-likeness (QED) is 0.635. The minimum Gasteiger partial charge on any atom is -0.317 e. The Morgan fingerprint density at radius 1 is 1.14 bits per heavy atom. The molecular formula is C10H7NO2S. The topological polar surface area (TPSA) is 60.2 Å². The standard InChI is InChI=1S/C10H7NO2S/c11-7-8(12)5-3-1-2-4-6(5)9(13)10(7)14/h1-4,7H,11H2. The van der Waals surface area contributed by atoms with Gasteiger partial charge in [0, 0.05) is 11.1 Å². The molecule has 2 N–H and O–H groups in total. The molecule has 0 saturated heterocycles. The highest BCUT2D eigenvalue weighted by Gasteiger charge is 2.34. The van der Waals surface area contributed by atoms with E-state index in [1.165, 1.54) is 0 Å². The van der Waals surface area contributed by atoms with Crippen LogP contribution in [-0.4, -0.2) is 22.5 Å². The first-order valence-corrected chi connectivity index (χ1v) is 4.51. The van der Waals surface area contributed by atoms with Crippen molar-refractivity contribution in [3.05, 3.63) is 35.4 Å². The summed E-state index contributed by atoms with van der Waals surface area (Å²) in [6.07, 6.45) is 0. The van der Waals surface area contributed by atoms with Gasteiger partial charge in [0.1, 0.15) is 6.04 Å². The van der Waals surface area contributed by atoms with Crippen LogP contribution in [0.4, 0.5) is 0 Å². The number of fused-ring (bicyclic) bond motifs is 1. The SMILES string of the molecule is NC1C(=O)c2ccccc2C(=O)C1=S. The van der Waals surface area contributed by atoms with Crippen LogP contribution in [0.5, 0.6) is 0 Å². The van der Waals surface area contributed by atoms with E-state index in [2.05, 4.69) is 0 Å². The predicted octanol–water partition coefficient (Wildman–Crippen LogP) is 0.763. The van der Waals surface area contributed by atoms with Crippen molar-refractivity contribution in [1.82, 2.24) is 0 Å². The Morgan fingerprint density at radius 3 is 2.36 bits per heavy atom. The van der Waals surface area contributed by atoms with Gasteiger partial charge >= 0.3 is 0 Å². The highest BCUT2D eigenvalue weighted by Crippen LogP contribution is 2.18. The number of nitrogens with two attached hydrogens (primary N) is 1. The maximum atomic E-state index is 11.6. The molecule has 1 aliphatic carbocycles. The second-order valence-electron chi connectivity index (χ2n) is 3.08. The third kappa shape index (κ3) is 1.12. The Bertz CT molecular complexity index is 453. The molecule has 1 aromatic carbocycles. The van der Waals surface area contributed by atoms with Crippen LogP contribution in [0.2, 0.25) is 0 Å². The van der Waals surface area contributed by atoms with Crippen molar-refractivity contribution in [3.8, 4) is 0 Å². The second-order valence-corrected chi connectivity index (χ2v) is 3.52. The minimum atomic E-state index is -0.951. The van der Waals surface area contributed by atoms with Gasteiger partial charge < -0.3 is 5.73 Å². The smallest absolute Gasteiger partial charge is 0.202 e. The lowest BCUT2D eigenvalue weighted by Gasteiger charge is -2.19. The van der Waals surface area contributed by atoms with Gasteiger partial charge in [-0.3, -0.25) is 9.59 Å². The number of rotatable bonds is 0. The number of Topliss-reactive ketones (excluding diaryl/α,β-unsaturated/α-hetero) is 2. The van der Waals surface area contributed by atoms with Crippen molar-refractivity contribution in [2.75, 3.05) is 0 Å². The lowest BCUT2D eigenvalue weighted by atomic mass is 9.86. The monoisotopic (exact) mass is 205 g/mol. The molecule has 1 unspecified atom stereocenters. The fourth-order valence-corrected chi connectivity index (χ4v) is 1.67. The molecule has 2 rings (SSSR count). The summed E-state index contributed by atoms with van der Waals surface area (Å²) in [4.78, 5) is 23.2. The van der Waals surface area contributed by atoms with Crippen LogP contribution in [0.25, 0.3) is 0 Å². The van der Waals surface area contributed by atoms with E-state index in [0.29, 0.717) is 11.1 Å². The summed E-state index contributed by atoms with van der Waals surface area (Å²) in [5.74, 6) is -0.576. The van der Waals surface area contributed by atoms with Crippen LogP contribution in [0.15, 0.2) is 24.3 Å². The molecule has 0 heterocycles. The molecule has 70 valence electrons. The predicted molar refractivity (Wildman–Crippen MR) is 55.7 cm³/mol. The van der Waals surface area contributed by atoms with E-state index in [0.717, 1.165) is 0 Å². The van der Waals surface area contributed by atoms with Crippen molar-refractivity contribution < 1.29 is 9.59 Å². The van der Waals surface area contributed by atoms with Crippen molar-refractivity contribution in [2.45, 2.75) is 6.04 Å². The Hall–Kier alpha value is -1.39. The Labute approximate surface area is 85.9 Å². The number of benzene rings is 1. The molecule has 3 nitrogen and oxygen atoms in total. The average Bonchev–Trinajstić information content (AvgIpc) is 2.23. The maximum Gasteiger partial charge on any atom is 0.202 e. The van der Waals surface area contributed by atoms with E-state index in [1.54, 1.807) is 24.3 Å². The molecule has 0 spiro atoms. The molecule has 14 heavy (non-hydrogen) atoms. The molecule has 0 aromatic heterocycles. The Balaban J connectivity index is 2.68. The molecule has 0 radical (unpaired) electrons. The van der Waals surface area contributed by atoms with Gasteiger partial charge in [0.15, 0.2) is 5.78 Å². The molecule has 4 heteroatoms. The lowest BCUT2D eigenvalue weighted by Crippen LogP contribution is -2.46. The summed E-state index contributed by atoms with van der Waals surface area (Å²) < 4.78 is 0. The zero-order valence-electron chi connectivity index (χ0n) is 7.19. The summed E-state index contributed by atoms with van der Waals surface area (Å²) >= 11 is 4.81. The fourth-order valence-electron chi connectivity index (χ4n) is 1.46. The molecule has 0 fully saturated rings. The van der Waals surface area contributed by atoms with Crippen LogP contribution in [0, 0.1) is 0 Å². The second kappa shape index (κ2) is 3.08. The molecule has 1 aromatic rings. The normalized spacial score (nSPS) is 20.9. The Morgan fingerprint density at radius 2 is 1.71 bits per heavy atom. The van der Waals surface area contributed by atoms with Crippen molar-refractivity contribution in [3.63, 3.8) is 0 Å². The summed E-state index contributed by atoms with van der Waals surface area (Å²) in [6, 6.07) is 5.63. The van der Waals surface area contributed by atoms with Crippen LogP contribution in [0.3, 0.4) is 0 Å². The lowest BCUT2D eigenvalue weighted by molar-refractivity contribution is 0.0951. The van der Waals surface area contributed by atoms with Gasteiger partial charge in [-0.05, 0) is 0 Å². The third-order valence-corrected chi connectivity index (χ3v) is 2.67. The summed E-state index contributed by atoms with van der Waals surface area (Å²) in [5.41, 5.74) is 6.25. The average molecular weight is 205 g/mol. The molecule has 0 saturated carbocycles. The van der Waals surface area contributed by atoms with Gasteiger partial charge in [-0.1, -0.05) is 36.5 Å². The molecule has 0 aliphatic heterocycles. The summed E-state index contributed by atoms with van der Waals surface area (Å²) in [7, 11) is 0. The largest absolute Gasteiger partial charge is 0.317 e. The van der Waals surface area contributed by atoms with E-state index in [4.69, 9.17) is 18.0 Å². The van der Waals surface area contributed by atoms with E-state index >= 15 is 0 Å². The fraction of sp³-hybridized carbons (Fsp3) is 0.100. The van der Waals surface area contributed by atoms with E-state index in [9.17, 15) is 9.59 Å². The highest BCUT2D eigenvalue weighted by molar-refractivity contribution is 7.82. The van der Waals surface area contributed by atoms with Gasteiger partial charge in [0.25, 0.3) is 0 Å². The third-order valence-electron chi connectivity index (χ3n) is 2.23. The first kappa shape index (κ1) is 9.18. The van der Waals surface area contributed by atoms with E-state index < -0.39 is 6.04 Å². The van der Waals surface area contributed by atoms with Gasteiger partial charge in [0.05, 0.1) is 4.86 Å². The van der Waals surface area contributed by atoms with Gasteiger partial charge in [-0.25, -0.2) is 0 Å². The number of carbonyl (C=O) groups excluding carboxylic acids is 2. The van der Waals surface area contributed by atoms with Crippen molar-refractivity contribution in [1.29, 1.82) is 0 Å². The van der Waals surface area contributed by atoms with Crippen LogP contribution in [0.1, 0.15) is 20.7 Å². The highest BCUT2D eigenvalue weighted by atomic mass is 32.1. The number of hydrogen-bond acceptors (Lipinski definition) is 4. The number of hydrogen-bond donors (Lipinski definition) is 1. The maximum absolute atomic E-state index is 11.6. The van der Waals surface area contributed by atoms with E-state index in [-0.39, 0.29) is 16.4 Å². The van der Waals surface area contributed by atoms with Crippen LogP contribution < -0.4 is 5.73 Å². The first-order chi connectivity index (χ1) is 6.63. The van der Waals surface area contributed by atoms with E-state index in [1.807, 2.05) is 0 Å². The van der Waals surface area contributed by atoms with Crippen molar-refractivity contribution in [2.24, 2.45) is 5.73 Å². The summed E-state index contributed by atoms with van der Waals surface area (Å²) in [5, 5.41) is 0. The Kier molecular flexibility index (Phi) is 2.02. The first-order valence-electron chi connectivity index (χ1n) is 4.10. The number of ketones is 2. The molecule has 0 bridgehead atoms. The zero-order valence-corrected chi connectivity index (χ0v) is 8.01. The number of thiocarbonyl (C=S) groups is 1. The van der Waals surface area contributed by atoms with Crippen LogP contribution >= 0.6 is 12.2 Å². The molecule has 1 atom stereocenters. The molecular weight excluding hydrogens is 198 g/mol. The minimum absolute atomic E-state index is 0.00806. The van der Waals surface area contributed by atoms with Gasteiger partial charge in [-0.2, -0.15) is 0 Å². The summed E-state index contributed by atoms with van der Waals surface area (Å²) in [6.45, 7) is 0. The van der Waals surface area contributed by atoms with Gasteiger partial charge in [0.2, 0.25) is 5.78 Å². The molecule has 1 aliphatic rings. The zero-order chi connectivity index (χ0) is 10.3. The van der Waals surface area contributed by atoms with Crippen LogP contribution in [-0.2, 0) is 0 Å². The molecule has 0 amide bonds. The van der Waals surface area contributed by atoms with Crippen molar-refractivity contribution >= 4 is 28.6 Å². The number of carbonyl (C=O) groups is 2.